The van der Waals surface area contributed by atoms with Gasteiger partial charge in [0.1, 0.15) is 0 Å². The molecule has 0 aromatic rings. The van der Waals surface area contributed by atoms with Gasteiger partial charge in [-0.1, -0.05) is 41.5 Å². The van der Waals surface area contributed by atoms with Gasteiger partial charge in [0.15, 0.2) is 0 Å². The van der Waals surface area contributed by atoms with Crippen molar-refractivity contribution in [3.63, 3.8) is 0 Å². The molecule has 2 fully saturated rings. The zero-order chi connectivity index (χ0) is 12.9. The van der Waals surface area contributed by atoms with Gasteiger partial charge in [-0.2, -0.15) is 0 Å². The third kappa shape index (κ3) is 1.84. The number of nitrogens with one attached hydrogen (secondary N) is 1. The summed E-state index contributed by atoms with van der Waals surface area (Å²) in [6, 6.07) is 0.773. The van der Waals surface area contributed by atoms with Crippen LogP contribution in [0.15, 0.2) is 0 Å². The molecule has 1 N–H and O–H groups in total. The van der Waals surface area contributed by atoms with Gasteiger partial charge in [0.25, 0.3) is 0 Å². The van der Waals surface area contributed by atoms with Crippen LogP contribution in [0, 0.1) is 10.8 Å². The molecule has 0 radical (unpaired) electrons. The first-order valence-electron chi connectivity index (χ1n) is 7.30. The highest BCUT2D eigenvalue weighted by Crippen LogP contribution is 2.65. The van der Waals surface area contributed by atoms with Gasteiger partial charge in [0.05, 0.1) is 0 Å². The van der Waals surface area contributed by atoms with E-state index in [1.165, 1.54) is 25.9 Å². The van der Waals surface area contributed by atoms with Crippen molar-refractivity contribution < 1.29 is 0 Å². The highest BCUT2D eigenvalue weighted by Gasteiger charge is 2.67. The van der Waals surface area contributed by atoms with E-state index < -0.39 is 0 Å². The molecule has 0 atom stereocenters. The molecule has 17 heavy (non-hydrogen) atoms. The van der Waals surface area contributed by atoms with Crippen molar-refractivity contribution >= 4 is 0 Å². The molecular weight excluding hydrogens is 208 g/mol. The van der Waals surface area contributed by atoms with Crippen LogP contribution in [0.1, 0.15) is 54.4 Å². The molecule has 2 rings (SSSR count). The van der Waals surface area contributed by atoms with E-state index in [1.807, 2.05) is 0 Å². The summed E-state index contributed by atoms with van der Waals surface area (Å²) in [6.45, 7) is 18.0. The third-order valence-electron chi connectivity index (χ3n) is 6.07. The average Bonchev–Trinajstić information content (AvgIpc) is 2.69. The highest BCUT2D eigenvalue weighted by atomic mass is 15.3. The molecule has 1 aliphatic carbocycles. The molecule has 2 heteroatoms. The summed E-state index contributed by atoms with van der Waals surface area (Å²) in [5, 5.41) is 3.76. The van der Waals surface area contributed by atoms with Crippen molar-refractivity contribution in [1.82, 2.24) is 10.2 Å². The first-order chi connectivity index (χ1) is 7.81. The number of rotatable bonds is 3. The number of nitrogens with zero attached hydrogens (tertiary/aromatic N) is 1. The van der Waals surface area contributed by atoms with Crippen molar-refractivity contribution in [1.29, 1.82) is 0 Å². The van der Waals surface area contributed by atoms with Gasteiger partial charge in [-0.05, 0) is 23.7 Å². The molecular formula is C15H30N2. The van der Waals surface area contributed by atoms with Crippen LogP contribution in [0.4, 0.5) is 0 Å². The van der Waals surface area contributed by atoms with E-state index in [-0.39, 0.29) is 0 Å². The van der Waals surface area contributed by atoms with Crippen LogP contribution in [0.25, 0.3) is 0 Å². The van der Waals surface area contributed by atoms with Crippen molar-refractivity contribution in [2.24, 2.45) is 10.8 Å². The molecule has 2 nitrogen and oxygen atoms in total. The van der Waals surface area contributed by atoms with Crippen molar-refractivity contribution in [2.75, 3.05) is 19.6 Å². The zero-order valence-electron chi connectivity index (χ0n) is 12.6. The maximum atomic E-state index is 3.76. The van der Waals surface area contributed by atoms with Crippen LogP contribution in [0.2, 0.25) is 0 Å². The van der Waals surface area contributed by atoms with E-state index in [1.54, 1.807) is 0 Å². The van der Waals surface area contributed by atoms with Gasteiger partial charge in [-0.15, -0.1) is 0 Å². The minimum atomic E-state index is 0.368. The quantitative estimate of drug-likeness (QED) is 0.813. The topological polar surface area (TPSA) is 15.3 Å². The Hall–Kier alpha value is -0.0800. The van der Waals surface area contributed by atoms with Gasteiger partial charge in [-0.3, -0.25) is 4.90 Å². The molecule has 1 saturated heterocycles. The Balaban J connectivity index is 2.10. The Morgan fingerprint density at radius 3 is 2.00 bits per heavy atom. The second kappa shape index (κ2) is 3.96. The molecule has 0 aromatic heterocycles. The van der Waals surface area contributed by atoms with E-state index >= 15 is 0 Å². The van der Waals surface area contributed by atoms with E-state index in [4.69, 9.17) is 0 Å². The largest absolute Gasteiger partial charge is 0.309 e. The van der Waals surface area contributed by atoms with Gasteiger partial charge in [0.2, 0.25) is 0 Å². The fraction of sp³-hybridized carbons (Fsp3) is 1.00. The fourth-order valence-corrected chi connectivity index (χ4v) is 4.01. The molecule has 0 spiro atoms. The summed E-state index contributed by atoms with van der Waals surface area (Å²) in [6.07, 6.45) is 2.49. The van der Waals surface area contributed by atoms with Crippen LogP contribution in [0.5, 0.6) is 0 Å². The van der Waals surface area contributed by atoms with Crippen LogP contribution < -0.4 is 5.32 Å². The number of piperazine rings is 1. The Morgan fingerprint density at radius 2 is 1.59 bits per heavy atom. The molecule has 1 saturated carbocycles. The predicted octanol–water partition coefficient (Wildman–Crippen LogP) is 2.89. The second-order valence-electron chi connectivity index (χ2n) is 7.23. The van der Waals surface area contributed by atoms with E-state index in [0.717, 1.165) is 12.6 Å². The lowest BCUT2D eigenvalue weighted by Crippen LogP contribution is -2.60. The Bertz CT molecular complexity index is 275. The lowest BCUT2D eigenvalue weighted by atomic mass is 9.90. The molecule has 0 amide bonds. The van der Waals surface area contributed by atoms with Crippen LogP contribution in [-0.2, 0) is 0 Å². The monoisotopic (exact) mass is 238 g/mol. The van der Waals surface area contributed by atoms with E-state index in [9.17, 15) is 0 Å². The molecule has 2 aliphatic rings. The first-order valence-corrected chi connectivity index (χ1v) is 7.30. The van der Waals surface area contributed by atoms with Gasteiger partial charge >= 0.3 is 0 Å². The van der Waals surface area contributed by atoms with Crippen molar-refractivity contribution in [2.45, 2.75) is 66.0 Å². The second-order valence-corrected chi connectivity index (χ2v) is 7.23. The van der Waals surface area contributed by atoms with Crippen LogP contribution in [-0.4, -0.2) is 36.1 Å². The number of hydrogen-bond acceptors (Lipinski definition) is 2. The summed E-state index contributed by atoms with van der Waals surface area (Å²) in [7, 11) is 0. The standard InChI is InChI=1S/C15H30N2/c1-7-15(8-2)11-17(10-9-16-15)12-13(3,4)14(12,5)6/h12,16H,7-11H2,1-6H3. The maximum Gasteiger partial charge on any atom is 0.0304 e. The highest BCUT2D eigenvalue weighted by molar-refractivity contribution is 5.19. The summed E-state index contributed by atoms with van der Waals surface area (Å²) >= 11 is 0. The summed E-state index contributed by atoms with van der Waals surface area (Å²) < 4.78 is 0. The zero-order valence-corrected chi connectivity index (χ0v) is 12.6. The molecule has 0 aromatic carbocycles. The summed E-state index contributed by atoms with van der Waals surface area (Å²) in [4.78, 5) is 2.75. The van der Waals surface area contributed by atoms with Crippen molar-refractivity contribution in [3.8, 4) is 0 Å². The lowest BCUT2D eigenvalue weighted by molar-refractivity contribution is 0.101. The molecule has 1 heterocycles. The third-order valence-corrected chi connectivity index (χ3v) is 6.07. The van der Waals surface area contributed by atoms with Crippen LogP contribution in [0.3, 0.4) is 0 Å². The Kier molecular flexibility index (Phi) is 3.11. The minimum absolute atomic E-state index is 0.368. The normalized spacial score (nSPS) is 31.4. The van der Waals surface area contributed by atoms with Gasteiger partial charge < -0.3 is 5.32 Å². The summed E-state index contributed by atoms with van der Waals surface area (Å²) in [5.41, 5.74) is 1.34. The van der Waals surface area contributed by atoms with E-state index in [0.29, 0.717) is 16.4 Å². The molecule has 100 valence electrons. The molecule has 0 bridgehead atoms. The van der Waals surface area contributed by atoms with E-state index in [2.05, 4.69) is 51.8 Å². The van der Waals surface area contributed by atoms with Gasteiger partial charge in [-0.25, -0.2) is 0 Å². The minimum Gasteiger partial charge on any atom is -0.309 e. The van der Waals surface area contributed by atoms with Crippen LogP contribution >= 0.6 is 0 Å². The Labute approximate surface area is 107 Å². The lowest BCUT2D eigenvalue weighted by Gasteiger charge is -2.44. The van der Waals surface area contributed by atoms with Gasteiger partial charge in [0, 0.05) is 31.2 Å². The maximum absolute atomic E-state index is 3.76. The van der Waals surface area contributed by atoms with Crippen molar-refractivity contribution in [3.05, 3.63) is 0 Å². The fourth-order valence-electron chi connectivity index (χ4n) is 4.01. The first kappa shape index (κ1) is 13.4. The summed E-state index contributed by atoms with van der Waals surface area (Å²) in [5.74, 6) is 0. The molecule has 0 unspecified atom stereocenters. The average molecular weight is 238 g/mol. The molecule has 1 aliphatic heterocycles. The smallest absolute Gasteiger partial charge is 0.0304 e. The predicted molar refractivity (Wildman–Crippen MR) is 74.2 cm³/mol. The number of hydrogen-bond donors (Lipinski definition) is 1. The Morgan fingerprint density at radius 1 is 1.06 bits per heavy atom. The SMILES string of the molecule is CCC1(CC)CN(C2C(C)(C)C2(C)C)CCN1.